The molecule has 0 aliphatic heterocycles. The largest absolute Gasteiger partial charge is 0.455 e. The number of hydrogen-bond acceptors (Lipinski definition) is 1. The minimum Gasteiger partial charge on any atom is -0.455 e. The van der Waals surface area contributed by atoms with E-state index >= 15 is 0 Å². The predicted molar refractivity (Wildman–Crippen MR) is 203 cm³/mol. The van der Waals surface area contributed by atoms with E-state index in [1.54, 1.807) is 0 Å². The van der Waals surface area contributed by atoms with Gasteiger partial charge in [0.15, 0.2) is 0 Å². The Kier molecular flexibility index (Phi) is 6.22. The summed E-state index contributed by atoms with van der Waals surface area (Å²) in [6, 6.07) is 66.3. The first-order valence-corrected chi connectivity index (χ1v) is 17.1. The van der Waals surface area contributed by atoms with E-state index in [4.69, 9.17) is 4.42 Å². The van der Waals surface area contributed by atoms with E-state index in [0.717, 1.165) is 34.1 Å². The van der Waals surface area contributed by atoms with Crippen molar-refractivity contribution in [3.63, 3.8) is 0 Å². The second-order valence-corrected chi connectivity index (χ2v) is 13.2. The summed E-state index contributed by atoms with van der Waals surface area (Å²) in [5.41, 5.74) is 14.1. The van der Waals surface area contributed by atoms with E-state index in [9.17, 15) is 0 Å². The maximum Gasteiger partial charge on any atom is 0.143 e. The summed E-state index contributed by atoms with van der Waals surface area (Å²) in [6.07, 6.45) is 0.763. The SMILES string of the molecule is c1ccc(-c2cc3ccccc3c3c2oc2c(Cc4ccc5c(c4)C(c4ccccc4)(c4ccccc4)c4ccccc4-5)cccc23)cc1. The Morgan fingerprint density at radius 1 is 0.429 bits per heavy atom. The van der Waals surface area contributed by atoms with E-state index in [1.807, 2.05) is 0 Å². The Labute approximate surface area is 285 Å². The summed E-state index contributed by atoms with van der Waals surface area (Å²) < 4.78 is 6.97. The van der Waals surface area contributed by atoms with Gasteiger partial charge < -0.3 is 4.42 Å². The highest BCUT2D eigenvalue weighted by Crippen LogP contribution is 2.56. The van der Waals surface area contributed by atoms with Crippen molar-refractivity contribution in [1.29, 1.82) is 0 Å². The van der Waals surface area contributed by atoms with Crippen LogP contribution < -0.4 is 0 Å². The second kappa shape index (κ2) is 10.9. The molecule has 10 rings (SSSR count). The Bertz CT molecular complexity index is 2630. The third-order valence-electron chi connectivity index (χ3n) is 10.6. The molecule has 1 nitrogen and oxygen atoms in total. The van der Waals surface area contributed by atoms with Crippen LogP contribution in [0.25, 0.3) is 55.0 Å². The number of fused-ring (bicyclic) bond motifs is 8. The van der Waals surface area contributed by atoms with Crippen molar-refractivity contribution in [1.82, 2.24) is 0 Å². The molecule has 1 heterocycles. The van der Waals surface area contributed by atoms with Crippen LogP contribution in [0.2, 0.25) is 0 Å². The maximum atomic E-state index is 6.97. The average molecular weight is 625 g/mol. The first kappa shape index (κ1) is 27.9. The van der Waals surface area contributed by atoms with Crippen LogP contribution in [0.4, 0.5) is 0 Å². The fraction of sp³-hybridized carbons (Fsp3) is 0.0417. The lowest BCUT2D eigenvalue weighted by Crippen LogP contribution is -2.28. The highest BCUT2D eigenvalue weighted by atomic mass is 16.3. The summed E-state index contributed by atoms with van der Waals surface area (Å²) in [6.45, 7) is 0. The van der Waals surface area contributed by atoms with Gasteiger partial charge in [-0.1, -0.05) is 176 Å². The third kappa shape index (κ3) is 4.12. The van der Waals surface area contributed by atoms with Gasteiger partial charge in [-0.05, 0) is 66.9 Å². The molecular weight excluding hydrogens is 593 g/mol. The highest BCUT2D eigenvalue weighted by Gasteiger charge is 2.46. The van der Waals surface area contributed by atoms with Crippen LogP contribution in [0.3, 0.4) is 0 Å². The first-order chi connectivity index (χ1) is 24.3. The van der Waals surface area contributed by atoms with Gasteiger partial charge in [0, 0.05) is 22.8 Å². The molecule has 0 N–H and O–H groups in total. The van der Waals surface area contributed by atoms with Crippen LogP contribution in [0.1, 0.15) is 33.4 Å². The van der Waals surface area contributed by atoms with Crippen molar-refractivity contribution in [3.8, 4) is 22.3 Å². The summed E-state index contributed by atoms with van der Waals surface area (Å²) >= 11 is 0. The van der Waals surface area contributed by atoms with Gasteiger partial charge in [-0.25, -0.2) is 0 Å². The van der Waals surface area contributed by atoms with E-state index < -0.39 is 5.41 Å². The lowest BCUT2D eigenvalue weighted by atomic mass is 9.67. The Morgan fingerprint density at radius 2 is 1.06 bits per heavy atom. The smallest absolute Gasteiger partial charge is 0.143 e. The van der Waals surface area contributed by atoms with Crippen molar-refractivity contribution in [2.75, 3.05) is 0 Å². The van der Waals surface area contributed by atoms with Gasteiger partial charge >= 0.3 is 0 Å². The molecule has 0 atom stereocenters. The highest BCUT2D eigenvalue weighted by molar-refractivity contribution is 6.22. The van der Waals surface area contributed by atoms with Crippen molar-refractivity contribution in [3.05, 3.63) is 215 Å². The molecule has 230 valence electrons. The molecule has 9 aromatic rings. The number of para-hydroxylation sites is 1. The van der Waals surface area contributed by atoms with Gasteiger partial charge in [-0.2, -0.15) is 0 Å². The molecule has 0 radical (unpaired) electrons. The monoisotopic (exact) mass is 624 g/mol. The van der Waals surface area contributed by atoms with Crippen LogP contribution in [-0.2, 0) is 11.8 Å². The zero-order valence-corrected chi connectivity index (χ0v) is 26.9. The standard InChI is InChI=1S/C48H32O/c1-4-15-33(16-5-1)42-31-34-17-10-11-23-38(34)45-41-25-14-18-35(46(41)49-47(42)45)29-32-27-28-40-39-24-12-13-26-43(39)48(44(40)30-32,36-19-6-2-7-20-36)37-21-8-3-9-22-37/h1-28,30-31H,29H2. The number of rotatable bonds is 5. The zero-order chi connectivity index (χ0) is 32.4. The second-order valence-electron chi connectivity index (χ2n) is 13.2. The van der Waals surface area contributed by atoms with Gasteiger partial charge in [-0.15, -0.1) is 0 Å². The topological polar surface area (TPSA) is 13.1 Å². The summed E-state index contributed by atoms with van der Waals surface area (Å²) in [4.78, 5) is 0. The fourth-order valence-corrected chi connectivity index (χ4v) is 8.50. The molecule has 1 heteroatoms. The van der Waals surface area contributed by atoms with Crippen molar-refractivity contribution in [2.24, 2.45) is 0 Å². The van der Waals surface area contributed by atoms with Crippen LogP contribution in [-0.4, -0.2) is 0 Å². The van der Waals surface area contributed by atoms with Crippen molar-refractivity contribution < 1.29 is 4.42 Å². The average Bonchev–Trinajstić information content (AvgIpc) is 3.71. The molecule has 1 aliphatic carbocycles. The Morgan fingerprint density at radius 3 is 1.84 bits per heavy atom. The van der Waals surface area contributed by atoms with Gasteiger partial charge in [0.1, 0.15) is 11.2 Å². The molecule has 49 heavy (non-hydrogen) atoms. The normalized spacial score (nSPS) is 13.1. The van der Waals surface area contributed by atoms with Gasteiger partial charge in [0.25, 0.3) is 0 Å². The lowest BCUT2D eigenvalue weighted by Gasteiger charge is -2.34. The summed E-state index contributed by atoms with van der Waals surface area (Å²) in [7, 11) is 0. The molecule has 1 aliphatic rings. The van der Waals surface area contributed by atoms with Gasteiger partial charge in [0.2, 0.25) is 0 Å². The molecule has 0 saturated heterocycles. The Balaban J connectivity index is 1.19. The van der Waals surface area contributed by atoms with E-state index in [1.165, 1.54) is 60.7 Å². The molecule has 0 bridgehead atoms. The van der Waals surface area contributed by atoms with Crippen LogP contribution in [0.15, 0.2) is 186 Å². The van der Waals surface area contributed by atoms with Crippen molar-refractivity contribution >= 4 is 32.7 Å². The lowest BCUT2D eigenvalue weighted by molar-refractivity contribution is 0.665. The molecule has 0 spiro atoms. The van der Waals surface area contributed by atoms with Crippen molar-refractivity contribution in [2.45, 2.75) is 11.8 Å². The molecule has 0 unspecified atom stereocenters. The quantitative estimate of drug-likeness (QED) is 0.186. The first-order valence-electron chi connectivity index (χ1n) is 17.1. The fourth-order valence-electron chi connectivity index (χ4n) is 8.50. The minimum absolute atomic E-state index is 0.417. The molecule has 8 aromatic carbocycles. The third-order valence-corrected chi connectivity index (χ3v) is 10.6. The molecule has 1 aromatic heterocycles. The molecule has 0 fully saturated rings. The number of benzene rings is 8. The van der Waals surface area contributed by atoms with Crippen LogP contribution in [0, 0.1) is 0 Å². The molecule has 0 amide bonds. The summed E-state index contributed by atoms with van der Waals surface area (Å²) in [5, 5.41) is 4.79. The minimum atomic E-state index is -0.417. The molecule has 0 saturated carbocycles. The summed E-state index contributed by atoms with van der Waals surface area (Å²) in [5.74, 6) is 0. The van der Waals surface area contributed by atoms with Crippen LogP contribution >= 0.6 is 0 Å². The van der Waals surface area contributed by atoms with E-state index in [-0.39, 0.29) is 0 Å². The number of furan rings is 1. The van der Waals surface area contributed by atoms with E-state index in [2.05, 4.69) is 182 Å². The predicted octanol–water partition coefficient (Wildman–Crippen LogP) is 12.4. The molecular formula is C48H32O. The Hall–Kier alpha value is -6.18. The van der Waals surface area contributed by atoms with E-state index in [0.29, 0.717) is 0 Å². The van der Waals surface area contributed by atoms with Gasteiger partial charge in [-0.3, -0.25) is 0 Å². The maximum absolute atomic E-state index is 6.97. The number of hydrogen-bond donors (Lipinski definition) is 0. The van der Waals surface area contributed by atoms with Crippen LogP contribution in [0.5, 0.6) is 0 Å². The van der Waals surface area contributed by atoms with Gasteiger partial charge in [0.05, 0.1) is 5.41 Å². The zero-order valence-electron chi connectivity index (χ0n) is 26.9.